The van der Waals surface area contributed by atoms with E-state index in [0.29, 0.717) is 34.1 Å². The Labute approximate surface area is 172 Å². The van der Waals surface area contributed by atoms with Crippen LogP contribution in [0.1, 0.15) is 11.1 Å². The summed E-state index contributed by atoms with van der Waals surface area (Å²) >= 11 is 0. The Hall–Kier alpha value is -4.01. The second-order valence-electron chi connectivity index (χ2n) is 6.07. The van der Waals surface area contributed by atoms with Crippen molar-refractivity contribution in [3.05, 3.63) is 53.2 Å². The third kappa shape index (κ3) is 4.52. The van der Waals surface area contributed by atoms with Gasteiger partial charge in [0, 0.05) is 5.56 Å². The average Bonchev–Trinajstić information content (AvgIpc) is 3.12. The molecule has 0 saturated heterocycles. The zero-order chi connectivity index (χ0) is 21.7. The van der Waals surface area contributed by atoms with Crippen molar-refractivity contribution >= 4 is 23.9 Å². The van der Waals surface area contributed by atoms with Gasteiger partial charge in [-0.05, 0) is 42.0 Å². The first kappa shape index (κ1) is 20.7. The predicted octanol–water partition coefficient (Wildman–Crippen LogP) is 1.92. The summed E-state index contributed by atoms with van der Waals surface area (Å²) < 4.78 is 26.3. The number of methoxy groups -OCH3 is 3. The molecule has 1 aliphatic heterocycles. The molecule has 2 N–H and O–H groups in total. The summed E-state index contributed by atoms with van der Waals surface area (Å²) in [6.45, 7) is -0.276. The van der Waals surface area contributed by atoms with Gasteiger partial charge in [0.25, 0.3) is 5.91 Å². The molecule has 0 saturated carbocycles. The van der Waals surface area contributed by atoms with E-state index in [9.17, 15) is 9.59 Å². The first-order valence-corrected chi connectivity index (χ1v) is 8.79. The molecule has 9 nitrogen and oxygen atoms in total. The molecule has 0 fully saturated rings. The van der Waals surface area contributed by atoms with Crippen LogP contribution in [0.3, 0.4) is 0 Å². The number of carbonyl (C=O) groups excluding carboxylic acids is 2. The van der Waals surface area contributed by atoms with Crippen molar-refractivity contribution in [2.45, 2.75) is 0 Å². The minimum atomic E-state index is -0.603. The second-order valence-corrected chi connectivity index (χ2v) is 6.07. The number of aliphatic imine (C=N–C) groups is 1. The van der Waals surface area contributed by atoms with Crippen LogP contribution >= 0.6 is 0 Å². The summed E-state index contributed by atoms with van der Waals surface area (Å²) in [5, 5.41) is 0. The average molecular weight is 412 g/mol. The lowest BCUT2D eigenvalue weighted by Gasteiger charge is -2.09. The molecular weight excluding hydrogens is 392 g/mol. The number of nitrogens with two attached hydrogens (primary N) is 1. The number of hydrogen-bond acceptors (Lipinski definition) is 8. The summed E-state index contributed by atoms with van der Waals surface area (Å²) in [7, 11) is 4.50. The highest BCUT2D eigenvalue weighted by atomic mass is 16.6. The van der Waals surface area contributed by atoms with Crippen LogP contribution in [-0.2, 0) is 14.3 Å². The number of carbonyl (C=O) groups is 2. The monoisotopic (exact) mass is 412 g/mol. The van der Waals surface area contributed by atoms with E-state index in [0.717, 1.165) is 0 Å². The fourth-order valence-corrected chi connectivity index (χ4v) is 2.70. The molecule has 30 heavy (non-hydrogen) atoms. The highest BCUT2D eigenvalue weighted by molar-refractivity contribution is 6.13. The standard InChI is InChI=1S/C21H20N2O7/c1-26-15-7-5-13(10-18(15)28-3)20-23-14(21(25)30-20)8-12-4-6-16(17(9-12)27-2)29-11-19(22)24/h4-10H,11H2,1-3H3,(H2,22,24). The Morgan fingerprint density at radius 2 is 1.67 bits per heavy atom. The zero-order valence-electron chi connectivity index (χ0n) is 16.6. The third-order valence-corrected chi connectivity index (χ3v) is 4.11. The molecule has 9 heteroatoms. The van der Waals surface area contributed by atoms with Gasteiger partial charge in [0.2, 0.25) is 5.90 Å². The topological polar surface area (TPSA) is 119 Å². The molecular formula is C21H20N2O7. The zero-order valence-corrected chi connectivity index (χ0v) is 16.6. The van der Waals surface area contributed by atoms with Crippen molar-refractivity contribution in [2.24, 2.45) is 10.7 Å². The molecule has 0 aliphatic carbocycles. The highest BCUT2D eigenvalue weighted by Gasteiger charge is 2.25. The van der Waals surface area contributed by atoms with Crippen LogP contribution in [0, 0.1) is 0 Å². The van der Waals surface area contributed by atoms with Crippen molar-refractivity contribution in [1.82, 2.24) is 0 Å². The molecule has 0 bridgehead atoms. The van der Waals surface area contributed by atoms with Crippen molar-refractivity contribution in [3.63, 3.8) is 0 Å². The van der Waals surface area contributed by atoms with E-state index >= 15 is 0 Å². The Bertz CT molecular complexity index is 1040. The summed E-state index contributed by atoms with van der Waals surface area (Å²) in [5.74, 6) is 0.723. The molecule has 2 aromatic rings. The van der Waals surface area contributed by atoms with Crippen LogP contribution < -0.4 is 24.7 Å². The van der Waals surface area contributed by atoms with Crippen LogP contribution in [-0.4, -0.2) is 45.7 Å². The normalized spacial score (nSPS) is 14.2. The minimum absolute atomic E-state index is 0.118. The van der Waals surface area contributed by atoms with E-state index in [1.165, 1.54) is 21.3 Å². The number of rotatable bonds is 8. The van der Waals surface area contributed by atoms with Crippen LogP contribution in [0.2, 0.25) is 0 Å². The predicted molar refractivity (Wildman–Crippen MR) is 108 cm³/mol. The molecule has 0 aromatic heterocycles. The molecule has 3 rings (SSSR count). The van der Waals surface area contributed by atoms with E-state index in [1.54, 1.807) is 42.5 Å². The summed E-state index contributed by atoms with van der Waals surface area (Å²) in [6, 6.07) is 10.0. The number of amides is 1. The van der Waals surface area contributed by atoms with Gasteiger partial charge >= 0.3 is 5.97 Å². The first-order valence-electron chi connectivity index (χ1n) is 8.79. The van der Waals surface area contributed by atoms with E-state index in [-0.39, 0.29) is 18.2 Å². The number of ether oxygens (including phenoxy) is 5. The Balaban J connectivity index is 1.88. The van der Waals surface area contributed by atoms with E-state index < -0.39 is 11.9 Å². The van der Waals surface area contributed by atoms with E-state index in [1.807, 2.05) is 0 Å². The molecule has 1 heterocycles. The van der Waals surface area contributed by atoms with Gasteiger partial charge in [-0.25, -0.2) is 9.79 Å². The van der Waals surface area contributed by atoms with Gasteiger partial charge in [0.1, 0.15) is 0 Å². The molecule has 1 amide bonds. The number of cyclic esters (lactones) is 1. The molecule has 1 aliphatic rings. The van der Waals surface area contributed by atoms with Crippen LogP contribution in [0.15, 0.2) is 47.1 Å². The third-order valence-electron chi connectivity index (χ3n) is 4.11. The fourth-order valence-electron chi connectivity index (χ4n) is 2.70. The van der Waals surface area contributed by atoms with Crippen molar-refractivity contribution in [1.29, 1.82) is 0 Å². The van der Waals surface area contributed by atoms with Crippen molar-refractivity contribution < 1.29 is 33.3 Å². The molecule has 2 aromatic carbocycles. The van der Waals surface area contributed by atoms with Gasteiger partial charge in [-0.3, -0.25) is 4.79 Å². The lowest BCUT2D eigenvalue weighted by atomic mass is 10.1. The molecule has 156 valence electrons. The van der Waals surface area contributed by atoms with Crippen LogP contribution in [0.4, 0.5) is 0 Å². The SMILES string of the molecule is COc1ccc(C2=NC(=Cc3ccc(OCC(N)=O)c(OC)c3)C(=O)O2)cc1OC. The summed E-state index contributed by atoms with van der Waals surface area (Å²) in [5.41, 5.74) is 6.40. The minimum Gasteiger partial charge on any atom is -0.493 e. The molecule has 0 spiro atoms. The van der Waals surface area contributed by atoms with E-state index in [2.05, 4.69) is 4.99 Å². The maximum absolute atomic E-state index is 12.3. The van der Waals surface area contributed by atoms with Crippen molar-refractivity contribution in [3.8, 4) is 23.0 Å². The maximum atomic E-state index is 12.3. The Morgan fingerprint density at radius 1 is 1.00 bits per heavy atom. The number of benzene rings is 2. The number of nitrogens with zero attached hydrogens (tertiary/aromatic N) is 1. The summed E-state index contributed by atoms with van der Waals surface area (Å²) in [6.07, 6.45) is 1.55. The Morgan fingerprint density at radius 3 is 2.33 bits per heavy atom. The van der Waals surface area contributed by atoms with Crippen LogP contribution in [0.25, 0.3) is 6.08 Å². The number of esters is 1. The van der Waals surface area contributed by atoms with Gasteiger partial charge in [0.05, 0.1) is 21.3 Å². The van der Waals surface area contributed by atoms with Gasteiger partial charge in [-0.2, -0.15) is 0 Å². The largest absolute Gasteiger partial charge is 0.493 e. The maximum Gasteiger partial charge on any atom is 0.363 e. The molecule has 0 atom stereocenters. The van der Waals surface area contributed by atoms with Crippen LogP contribution in [0.5, 0.6) is 23.0 Å². The first-order chi connectivity index (χ1) is 14.4. The van der Waals surface area contributed by atoms with Gasteiger partial charge < -0.3 is 29.4 Å². The van der Waals surface area contributed by atoms with Crippen molar-refractivity contribution in [2.75, 3.05) is 27.9 Å². The molecule has 0 unspecified atom stereocenters. The lowest BCUT2D eigenvalue weighted by molar-refractivity contribution is -0.130. The highest BCUT2D eigenvalue weighted by Crippen LogP contribution is 2.31. The summed E-state index contributed by atoms with van der Waals surface area (Å²) in [4.78, 5) is 27.4. The quantitative estimate of drug-likeness (QED) is 0.520. The number of hydrogen-bond donors (Lipinski definition) is 1. The second kappa shape index (κ2) is 8.99. The van der Waals surface area contributed by atoms with Gasteiger partial charge in [-0.1, -0.05) is 6.07 Å². The molecule has 0 radical (unpaired) electrons. The van der Waals surface area contributed by atoms with Gasteiger partial charge in [-0.15, -0.1) is 0 Å². The fraction of sp³-hybridized carbons (Fsp3) is 0.190. The number of primary amides is 1. The lowest BCUT2D eigenvalue weighted by Crippen LogP contribution is -2.20. The smallest absolute Gasteiger partial charge is 0.363 e. The van der Waals surface area contributed by atoms with Gasteiger partial charge in [0.15, 0.2) is 35.3 Å². The van der Waals surface area contributed by atoms with E-state index in [4.69, 9.17) is 29.4 Å². The Kier molecular flexibility index (Phi) is 6.21.